The fraction of sp³-hybridized carbons (Fsp3) is 0.318. The summed E-state index contributed by atoms with van der Waals surface area (Å²) in [5.74, 6) is -1.17. The van der Waals surface area contributed by atoms with Gasteiger partial charge < -0.3 is 14.8 Å². The first-order valence-electron chi connectivity index (χ1n) is 9.59. The third-order valence-corrected chi connectivity index (χ3v) is 5.57. The van der Waals surface area contributed by atoms with E-state index < -0.39 is 23.3 Å². The summed E-state index contributed by atoms with van der Waals surface area (Å²) in [7, 11) is 0. The van der Waals surface area contributed by atoms with Crippen molar-refractivity contribution in [2.75, 3.05) is 12.4 Å². The summed E-state index contributed by atoms with van der Waals surface area (Å²) in [5.41, 5.74) is -0.556. The summed E-state index contributed by atoms with van der Waals surface area (Å²) in [5, 5.41) is 3.09. The van der Waals surface area contributed by atoms with Crippen LogP contribution < -0.4 is 5.32 Å². The maximum atomic E-state index is 14.7. The molecule has 3 rings (SSSR count). The molecule has 0 saturated carbocycles. The molecule has 0 aromatic heterocycles. The zero-order valence-electron chi connectivity index (χ0n) is 16.4. The molecule has 1 amide bonds. The molecule has 0 spiro atoms. The number of halogens is 2. The number of amidine groups is 1. The molecule has 1 aliphatic rings. The van der Waals surface area contributed by atoms with Crippen molar-refractivity contribution in [2.24, 2.45) is 4.99 Å². The molecule has 2 aromatic rings. The zero-order valence-corrected chi connectivity index (χ0v) is 17.3. The van der Waals surface area contributed by atoms with E-state index in [9.17, 15) is 18.4 Å². The maximum absolute atomic E-state index is 14.7. The number of amides is 1. The number of ether oxygens (including phenoxy) is 1. The quantitative estimate of drug-likeness (QED) is 0.439. The van der Waals surface area contributed by atoms with E-state index in [1.54, 1.807) is 24.3 Å². The molecule has 1 heterocycles. The molecule has 0 unspecified atom stereocenters. The number of nitrogens with zero attached hydrogens (tertiary/aromatic N) is 1. The van der Waals surface area contributed by atoms with E-state index in [1.165, 1.54) is 17.8 Å². The minimum absolute atomic E-state index is 0.0616. The van der Waals surface area contributed by atoms with Gasteiger partial charge in [-0.15, -0.1) is 0 Å². The van der Waals surface area contributed by atoms with Gasteiger partial charge in [0.1, 0.15) is 29.6 Å². The van der Waals surface area contributed by atoms with E-state index in [0.717, 1.165) is 12.1 Å². The fourth-order valence-corrected chi connectivity index (χ4v) is 3.98. The van der Waals surface area contributed by atoms with Crippen LogP contribution in [0.5, 0.6) is 0 Å². The van der Waals surface area contributed by atoms with Crippen molar-refractivity contribution in [3.8, 4) is 0 Å². The Labute approximate surface area is 177 Å². The number of nitrogens with one attached hydrogen (secondary N) is 1. The summed E-state index contributed by atoms with van der Waals surface area (Å²) < 4.78 is 33.8. The number of benzene rings is 2. The summed E-state index contributed by atoms with van der Waals surface area (Å²) >= 11 is 1.30. The van der Waals surface area contributed by atoms with Crippen LogP contribution in [-0.2, 0) is 15.1 Å². The zero-order chi connectivity index (χ0) is 21.6. The molecule has 2 aromatic carbocycles. The number of hydrogen-bond acceptors (Lipinski definition) is 5. The Morgan fingerprint density at radius 1 is 1.30 bits per heavy atom. The van der Waals surface area contributed by atoms with Crippen LogP contribution in [0.4, 0.5) is 8.78 Å². The van der Waals surface area contributed by atoms with Gasteiger partial charge in [-0.3, -0.25) is 4.79 Å². The number of hydrogen-bond donors (Lipinski definition) is 1. The van der Waals surface area contributed by atoms with Gasteiger partial charge in [0.25, 0.3) is 5.91 Å². The van der Waals surface area contributed by atoms with E-state index in [4.69, 9.17) is 9.73 Å². The largest absolute Gasteiger partial charge is 0.368 e. The van der Waals surface area contributed by atoms with Crippen molar-refractivity contribution in [1.82, 2.24) is 5.32 Å². The van der Waals surface area contributed by atoms with Crippen molar-refractivity contribution in [2.45, 2.75) is 31.4 Å². The Balaban J connectivity index is 1.98. The first kappa shape index (κ1) is 22.1. The predicted molar refractivity (Wildman–Crippen MR) is 113 cm³/mol. The van der Waals surface area contributed by atoms with Crippen LogP contribution in [-0.4, -0.2) is 35.8 Å². The van der Waals surface area contributed by atoms with Gasteiger partial charge in [0.15, 0.2) is 5.17 Å². The molecular weight excluding hydrogens is 410 g/mol. The second kappa shape index (κ2) is 9.95. The molecule has 8 heteroatoms. The van der Waals surface area contributed by atoms with Gasteiger partial charge in [0, 0.05) is 17.2 Å². The number of carbonyl (C=O) groups excluding carboxylic acids is 2. The molecule has 1 saturated heterocycles. The average Bonchev–Trinajstić information content (AvgIpc) is 2.75. The summed E-state index contributed by atoms with van der Waals surface area (Å²) in [4.78, 5) is 28.4. The van der Waals surface area contributed by atoms with Gasteiger partial charge in [-0.25, -0.2) is 13.8 Å². The molecule has 2 atom stereocenters. The molecule has 1 fully saturated rings. The van der Waals surface area contributed by atoms with Crippen molar-refractivity contribution in [3.05, 3.63) is 71.3 Å². The Bertz CT molecular complexity index is 929. The lowest BCUT2D eigenvalue weighted by Gasteiger charge is -2.37. The lowest BCUT2D eigenvalue weighted by molar-refractivity contribution is -0.123. The summed E-state index contributed by atoms with van der Waals surface area (Å²) in [6.45, 7) is 1.84. The van der Waals surface area contributed by atoms with Crippen LogP contribution in [0, 0.1) is 11.6 Å². The van der Waals surface area contributed by atoms with Crippen LogP contribution in [0.3, 0.4) is 0 Å². The summed E-state index contributed by atoms with van der Waals surface area (Å²) in [6, 6.07) is 12.0. The normalized spacial score (nSPS) is 21.8. The summed E-state index contributed by atoms with van der Waals surface area (Å²) in [6.07, 6.45) is 0.750. The molecule has 1 aliphatic heterocycles. The molecule has 1 N–H and O–H groups in total. The standard InChI is InChI=1S/C22H22F2N2O3S/c1-2-30-21(25-20(28)15-6-4-3-5-7-15)26-22(11-10-17(13-27)29-14-22)18-9-8-16(23)12-19(18)24/h3-9,12-13,17H,2,10-11,14H2,1H3,(H,25,26,28)/t17-,22-/m1/s1. The molecule has 0 aliphatic carbocycles. The average molecular weight is 432 g/mol. The Hall–Kier alpha value is -2.58. The Kier molecular flexibility index (Phi) is 7.33. The topological polar surface area (TPSA) is 67.8 Å². The van der Waals surface area contributed by atoms with E-state index >= 15 is 0 Å². The Morgan fingerprint density at radius 3 is 2.67 bits per heavy atom. The van der Waals surface area contributed by atoms with Crippen LogP contribution in [0.25, 0.3) is 0 Å². The van der Waals surface area contributed by atoms with Crippen LogP contribution in [0.1, 0.15) is 35.7 Å². The van der Waals surface area contributed by atoms with Crippen molar-refractivity contribution in [1.29, 1.82) is 0 Å². The van der Waals surface area contributed by atoms with E-state index in [2.05, 4.69) is 5.32 Å². The highest BCUT2D eigenvalue weighted by atomic mass is 32.2. The minimum Gasteiger partial charge on any atom is -0.368 e. The predicted octanol–water partition coefficient (Wildman–Crippen LogP) is 4.08. The third kappa shape index (κ3) is 5.12. The van der Waals surface area contributed by atoms with Crippen LogP contribution >= 0.6 is 11.8 Å². The van der Waals surface area contributed by atoms with Crippen LogP contribution in [0.2, 0.25) is 0 Å². The minimum atomic E-state index is -1.18. The monoisotopic (exact) mass is 432 g/mol. The number of carbonyl (C=O) groups is 2. The van der Waals surface area contributed by atoms with Gasteiger partial charge in [-0.05, 0) is 36.8 Å². The van der Waals surface area contributed by atoms with Crippen molar-refractivity contribution < 1.29 is 23.1 Å². The van der Waals surface area contributed by atoms with Gasteiger partial charge >= 0.3 is 0 Å². The van der Waals surface area contributed by atoms with Crippen molar-refractivity contribution in [3.63, 3.8) is 0 Å². The highest BCUT2D eigenvalue weighted by Crippen LogP contribution is 2.38. The second-order valence-electron chi connectivity index (χ2n) is 6.85. The maximum Gasteiger partial charge on any atom is 0.257 e. The number of rotatable bonds is 5. The first-order valence-corrected chi connectivity index (χ1v) is 10.6. The highest BCUT2D eigenvalue weighted by Gasteiger charge is 2.40. The van der Waals surface area contributed by atoms with Crippen molar-refractivity contribution >= 4 is 29.1 Å². The molecule has 0 bridgehead atoms. The molecule has 158 valence electrons. The Morgan fingerprint density at radius 2 is 2.07 bits per heavy atom. The van der Waals surface area contributed by atoms with Gasteiger partial charge in [-0.1, -0.05) is 43.0 Å². The van der Waals surface area contributed by atoms with E-state index in [1.807, 2.05) is 13.0 Å². The van der Waals surface area contributed by atoms with Gasteiger partial charge in [0.05, 0.1) is 6.61 Å². The van der Waals surface area contributed by atoms with E-state index in [-0.39, 0.29) is 18.1 Å². The fourth-order valence-electron chi connectivity index (χ4n) is 3.30. The SMILES string of the molecule is CCSC(=N[C@]1(c2ccc(F)cc2F)CC[C@H](C=O)OC1)NC(=O)c1ccccc1. The third-order valence-electron chi connectivity index (χ3n) is 4.82. The second-order valence-corrected chi connectivity index (χ2v) is 8.10. The van der Waals surface area contributed by atoms with Gasteiger partial charge in [-0.2, -0.15) is 0 Å². The molecule has 30 heavy (non-hydrogen) atoms. The number of thioether (sulfide) groups is 1. The smallest absolute Gasteiger partial charge is 0.257 e. The lowest BCUT2D eigenvalue weighted by Crippen LogP contribution is -2.42. The highest BCUT2D eigenvalue weighted by molar-refractivity contribution is 8.13. The van der Waals surface area contributed by atoms with Gasteiger partial charge in [0.2, 0.25) is 0 Å². The molecule has 0 radical (unpaired) electrons. The van der Waals surface area contributed by atoms with Crippen LogP contribution in [0.15, 0.2) is 53.5 Å². The lowest BCUT2D eigenvalue weighted by atomic mass is 9.83. The molecule has 5 nitrogen and oxygen atoms in total. The molecular formula is C22H22F2N2O3S. The van der Waals surface area contributed by atoms with E-state index in [0.29, 0.717) is 35.6 Å². The first-order chi connectivity index (χ1) is 14.5. The number of aliphatic imine (C=N–C) groups is 1. The number of aldehydes is 1.